The van der Waals surface area contributed by atoms with Crippen molar-refractivity contribution in [2.75, 3.05) is 11.1 Å². The van der Waals surface area contributed by atoms with Crippen LogP contribution in [-0.2, 0) is 11.2 Å². The molecule has 5 nitrogen and oxygen atoms in total. The van der Waals surface area contributed by atoms with Gasteiger partial charge in [-0.3, -0.25) is 14.9 Å². The first-order valence-corrected chi connectivity index (χ1v) is 10.6. The Labute approximate surface area is 177 Å². The number of thioether (sulfide) groups is 1. The minimum absolute atomic E-state index is 0.0382. The number of rotatable bonds is 5. The third kappa shape index (κ3) is 4.83. The van der Waals surface area contributed by atoms with E-state index in [1.54, 1.807) is 12.1 Å². The first-order valence-electron chi connectivity index (χ1n) is 9.21. The molecule has 0 bridgehead atoms. The second-order valence-corrected chi connectivity index (χ2v) is 8.27. The fourth-order valence-electron chi connectivity index (χ4n) is 3.31. The van der Waals surface area contributed by atoms with E-state index in [1.807, 2.05) is 42.5 Å². The Morgan fingerprint density at radius 3 is 2.62 bits per heavy atom. The Morgan fingerprint density at radius 1 is 1.10 bits per heavy atom. The Bertz CT molecular complexity index is 1040. The van der Waals surface area contributed by atoms with E-state index in [1.165, 1.54) is 18.0 Å². The molecular formula is C22H18ClN3O2S. The van der Waals surface area contributed by atoms with Gasteiger partial charge in [0.2, 0.25) is 11.9 Å². The highest BCUT2D eigenvalue weighted by atomic mass is 35.5. The van der Waals surface area contributed by atoms with Crippen molar-refractivity contribution in [2.45, 2.75) is 23.7 Å². The van der Waals surface area contributed by atoms with Crippen LogP contribution in [0.3, 0.4) is 0 Å². The van der Waals surface area contributed by atoms with Crippen molar-refractivity contribution < 1.29 is 9.59 Å². The predicted octanol–water partition coefficient (Wildman–Crippen LogP) is 4.77. The van der Waals surface area contributed by atoms with Crippen molar-refractivity contribution in [3.63, 3.8) is 0 Å². The number of amides is 1. The molecule has 0 fully saturated rings. The molecule has 0 saturated carbocycles. The first-order chi connectivity index (χ1) is 14.1. The van der Waals surface area contributed by atoms with Crippen LogP contribution >= 0.6 is 23.4 Å². The molecule has 7 heteroatoms. The van der Waals surface area contributed by atoms with Crippen LogP contribution in [0.1, 0.15) is 34.0 Å². The maximum absolute atomic E-state index is 12.5. The van der Waals surface area contributed by atoms with Crippen LogP contribution in [0.4, 0.5) is 5.95 Å². The SMILES string of the molecule is O=C(CSc1ccc(Cl)cc1)Nc1ncc2c(n1)CC(c1ccccc1)CC2=O. The molecule has 1 aliphatic carbocycles. The van der Waals surface area contributed by atoms with E-state index in [0.29, 0.717) is 29.1 Å². The lowest BCUT2D eigenvalue weighted by Gasteiger charge is -2.23. The van der Waals surface area contributed by atoms with E-state index in [9.17, 15) is 9.59 Å². The molecular weight excluding hydrogens is 406 g/mol. The Hall–Kier alpha value is -2.70. The summed E-state index contributed by atoms with van der Waals surface area (Å²) in [6, 6.07) is 17.3. The van der Waals surface area contributed by atoms with E-state index in [2.05, 4.69) is 15.3 Å². The molecule has 4 rings (SSSR count). The number of ketones is 1. The van der Waals surface area contributed by atoms with E-state index in [-0.39, 0.29) is 29.3 Å². The second-order valence-electron chi connectivity index (χ2n) is 6.78. The van der Waals surface area contributed by atoms with E-state index < -0.39 is 0 Å². The monoisotopic (exact) mass is 423 g/mol. The summed E-state index contributed by atoms with van der Waals surface area (Å²) in [4.78, 5) is 34.3. The van der Waals surface area contributed by atoms with Crippen LogP contribution in [0.5, 0.6) is 0 Å². The standard InChI is InChI=1S/C22H18ClN3O2S/c23-16-6-8-17(9-7-16)29-13-21(28)26-22-24-12-18-19(25-22)10-15(11-20(18)27)14-4-2-1-3-5-14/h1-9,12,15H,10-11,13H2,(H,24,25,26,28). The van der Waals surface area contributed by atoms with Crippen LogP contribution in [0, 0.1) is 0 Å². The molecule has 0 aliphatic heterocycles. The van der Waals surface area contributed by atoms with Crippen molar-refractivity contribution in [3.8, 4) is 0 Å². The van der Waals surface area contributed by atoms with Crippen molar-refractivity contribution in [1.29, 1.82) is 0 Å². The van der Waals surface area contributed by atoms with Gasteiger partial charge in [-0.2, -0.15) is 0 Å². The number of benzene rings is 2. The van der Waals surface area contributed by atoms with Crippen molar-refractivity contribution >= 4 is 41.0 Å². The van der Waals surface area contributed by atoms with E-state index >= 15 is 0 Å². The summed E-state index contributed by atoms with van der Waals surface area (Å²) >= 11 is 7.27. The summed E-state index contributed by atoms with van der Waals surface area (Å²) in [5, 5.41) is 3.38. The molecule has 1 aromatic heterocycles. The summed E-state index contributed by atoms with van der Waals surface area (Å²) in [5.41, 5.74) is 2.35. The number of Topliss-reactive ketones (excluding diaryl/α,β-unsaturated/α-hetero) is 1. The molecule has 0 saturated heterocycles. The Kier molecular flexibility index (Phi) is 5.92. The van der Waals surface area contributed by atoms with Gasteiger partial charge < -0.3 is 0 Å². The number of nitrogens with zero attached hydrogens (tertiary/aromatic N) is 2. The molecule has 29 heavy (non-hydrogen) atoms. The number of carbonyl (C=O) groups excluding carboxylic acids is 2. The highest BCUT2D eigenvalue weighted by molar-refractivity contribution is 8.00. The summed E-state index contributed by atoms with van der Waals surface area (Å²) in [7, 11) is 0. The van der Waals surface area contributed by atoms with Gasteiger partial charge in [0, 0.05) is 22.5 Å². The third-order valence-corrected chi connectivity index (χ3v) is 6.01. The molecule has 3 aromatic rings. The number of nitrogens with one attached hydrogen (secondary N) is 1. The minimum Gasteiger partial charge on any atom is -0.294 e. The highest BCUT2D eigenvalue weighted by Crippen LogP contribution is 2.31. The van der Waals surface area contributed by atoms with Crippen LogP contribution in [0.2, 0.25) is 5.02 Å². The molecule has 1 amide bonds. The van der Waals surface area contributed by atoms with Gasteiger partial charge in [-0.05, 0) is 42.2 Å². The Morgan fingerprint density at radius 2 is 1.86 bits per heavy atom. The largest absolute Gasteiger partial charge is 0.294 e. The summed E-state index contributed by atoms with van der Waals surface area (Å²) in [6.45, 7) is 0. The van der Waals surface area contributed by atoms with Gasteiger partial charge >= 0.3 is 0 Å². The van der Waals surface area contributed by atoms with Crippen molar-refractivity contribution in [1.82, 2.24) is 9.97 Å². The maximum atomic E-state index is 12.5. The quantitative estimate of drug-likeness (QED) is 0.598. The zero-order valence-electron chi connectivity index (χ0n) is 15.5. The fourth-order valence-corrected chi connectivity index (χ4v) is 4.13. The van der Waals surface area contributed by atoms with Gasteiger partial charge in [0.25, 0.3) is 0 Å². The van der Waals surface area contributed by atoms with E-state index in [0.717, 1.165) is 10.5 Å². The van der Waals surface area contributed by atoms with Gasteiger partial charge in [-0.1, -0.05) is 41.9 Å². The average Bonchev–Trinajstić information content (AvgIpc) is 2.74. The molecule has 1 unspecified atom stereocenters. The third-order valence-electron chi connectivity index (χ3n) is 4.75. The number of carbonyl (C=O) groups is 2. The van der Waals surface area contributed by atoms with Crippen LogP contribution in [-0.4, -0.2) is 27.4 Å². The smallest absolute Gasteiger partial charge is 0.237 e. The van der Waals surface area contributed by atoms with Gasteiger partial charge in [-0.25, -0.2) is 9.97 Å². The summed E-state index contributed by atoms with van der Waals surface area (Å²) < 4.78 is 0. The number of aromatic nitrogens is 2. The van der Waals surface area contributed by atoms with Gasteiger partial charge in [-0.15, -0.1) is 11.8 Å². The number of halogens is 1. The molecule has 2 aromatic carbocycles. The normalized spacial score (nSPS) is 15.6. The molecule has 1 atom stereocenters. The van der Waals surface area contributed by atoms with Crippen molar-refractivity contribution in [2.24, 2.45) is 0 Å². The fraction of sp³-hybridized carbons (Fsp3) is 0.182. The molecule has 146 valence electrons. The highest BCUT2D eigenvalue weighted by Gasteiger charge is 2.28. The lowest BCUT2D eigenvalue weighted by atomic mass is 9.82. The molecule has 1 heterocycles. The lowest BCUT2D eigenvalue weighted by Crippen LogP contribution is -2.23. The number of fused-ring (bicyclic) bond motifs is 1. The topological polar surface area (TPSA) is 72.0 Å². The van der Waals surface area contributed by atoms with Crippen LogP contribution < -0.4 is 5.32 Å². The number of anilines is 1. The van der Waals surface area contributed by atoms with Crippen LogP contribution in [0.15, 0.2) is 65.7 Å². The second kappa shape index (κ2) is 8.76. The lowest BCUT2D eigenvalue weighted by molar-refractivity contribution is -0.113. The van der Waals surface area contributed by atoms with Gasteiger partial charge in [0.05, 0.1) is 17.0 Å². The maximum Gasteiger partial charge on any atom is 0.237 e. The predicted molar refractivity (Wildman–Crippen MR) is 115 cm³/mol. The number of hydrogen-bond donors (Lipinski definition) is 1. The Balaban J connectivity index is 1.43. The number of hydrogen-bond acceptors (Lipinski definition) is 5. The molecule has 0 spiro atoms. The first kappa shape index (κ1) is 19.6. The van der Waals surface area contributed by atoms with Crippen molar-refractivity contribution in [3.05, 3.63) is 82.6 Å². The zero-order valence-corrected chi connectivity index (χ0v) is 17.0. The molecule has 1 aliphatic rings. The van der Waals surface area contributed by atoms with Gasteiger partial charge in [0.15, 0.2) is 5.78 Å². The van der Waals surface area contributed by atoms with E-state index in [4.69, 9.17) is 11.6 Å². The van der Waals surface area contributed by atoms with Crippen LogP contribution in [0.25, 0.3) is 0 Å². The minimum atomic E-state index is -0.202. The van der Waals surface area contributed by atoms with Gasteiger partial charge in [0.1, 0.15) is 0 Å². The molecule has 0 radical (unpaired) electrons. The zero-order chi connectivity index (χ0) is 20.2. The molecule has 1 N–H and O–H groups in total. The summed E-state index contributed by atoms with van der Waals surface area (Å²) in [6.07, 6.45) is 2.62. The average molecular weight is 424 g/mol. The summed E-state index contributed by atoms with van der Waals surface area (Å²) in [5.74, 6) is 0.387.